The number of rotatable bonds is 4. The van der Waals surface area contributed by atoms with Gasteiger partial charge in [-0.05, 0) is 66.6 Å². The van der Waals surface area contributed by atoms with Crippen molar-refractivity contribution in [3.8, 4) is 11.3 Å². The molecular formula is C25H25N3O4S. The predicted octanol–water partition coefficient (Wildman–Crippen LogP) is 5.41. The summed E-state index contributed by atoms with van der Waals surface area (Å²) in [5.74, 6) is 0.560. The van der Waals surface area contributed by atoms with E-state index in [-0.39, 0.29) is 22.3 Å². The van der Waals surface area contributed by atoms with Gasteiger partial charge in [0.1, 0.15) is 11.5 Å². The first-order valence-electron chi connectivity index (χ1n) is 11.0. The number of hydrogen-bond donors (Lipinski definition) is 2. The summed E-state index contributed by atoms with van der Waals surface area (Å²) in [7, 11) is 0. The normalized spacial score (nSPS) is 29.4. The number of carboxylic acid groups (broad SMARTS) is 1. The highest BCUT2D eigenvalue weighted by molar-refractivity contribution is 8.18. The number of carbonyl (C=O) groups excluding carboxylic acids is 1. The van der Waals surface area contributed by atoms with E-state index >= 15 is 0 Å². The summed E-state index contributed by atoms with van der Waals surface area (Å²) in [6.07, 6.45) is 5.03. The second-order valence-electron chi connectivity index (χ2n) is 9.59. The van der Waals surface area contributed by atoms with Gasteiger partial charge in [0.05, 0.1) is 10.5 Å². The number of amides is 1. The largest absolute Gasteiger partial charge is 0.478 e. The second kappa shape index (κ2) is 7.73. The molecule has 2 aliphatic carbocycles. The zero-order valence-corrected chi connectivity index (χ0v) is 19.5. The first-order chi connectivity index (χ1) is 15.7. The number of thioether (sulfide) groups is 1. The van der Waals surface area contributed by atoms with Gasteiger partial charge in [0.25, 0.3) is 5.91 Å². The minimum absolute atomic E-state index is 0.0704. The van der Waals surface area contributed by atoms with Crippen molar-refractivity contribution in [3.05, 3.63) is 52.6 Å². The molecule has 2 aromatic rings. The number of carboxylic acids is 1. The quantitative estimate of drug-likeness (QED) is 0.466. The summed E-state index contributed by atoms with van der Waals surface area (Å²) in [6.45, 7) is 6.94. The molecule has 2 N–H and O–H groups in total. The van der Waals surface area contributed by atoms with Gasteiger partial charge >= 0.3 is 5.97 Å². The van der Waals surface area contributed by atoms with Gasteiger partial charge < -0.3 is 9.52 Å². The van der Waals surface area contributed by atoms with E-state index in [1.165, 1.54) is 30.3 Å². The molecular weight excluding hydrogens is 438 g/mol. The molecule has 1 amide bonds. The van der Waals surface area contributed by atoms with Crippen LogP contribution in [0.4, 0.5) is 0 Å². The highest BCUT2D eigenvalue weighted by Crippen LogP contribution is 2.64. The summed E-state index contributed by atoms with van der Waals surface area (Å²) >= 11 is 1.24. The molecule has 7 nitrogen and oxygen atoms in total. The first-order valence-corrected chi connectivity index (χ1v) is 11.8. The lowest BCUT2D eigenvalue weighted by atomic mass is 9.70. The van der Waals surface area contributed by atoms with Crippen molar-refractivity contribution in [2.45, 2.75) is 40.0 Å². The van der Waals surface area contributed by atoms with Crippen LogP contribution in [-0.2, 0) is 4.79 Å². The smallest absolute Gasteiger partial charge is 0.335 e. The van der Waals surface area contributed by atoms with Crippen LogP contribution in [0.1, 0.15) is 56.2 Å². The molecule has 3 fully saturated rings. The highest BCUT2D eigenvalue weighted by atomic mass is 32.2. The number of hydrogen-bond acceptors (Lipinski definition) is 6. The molecule has 5 rings (SSSR count). The molecule has 2 heterocycles. The summed E-state index contributed by atoms with van der Waals surface area (Å²) in [4.78, 5) is 23.9. The predicted molar refractivity (Wildman–Crippen MR) is 129 cm³/mol. The van der Waals surface area contributed by atoms with E-state index in [2.05, 4.69) is 36.3 Å². The average Bonchev–Trinajstić information content (AvgIpc) is 3.48. The van der Waals surface area contributed by atoms with Crippen LogP contribution in [0.25, 0.3) is 17.4 Å². The Morgan fingerprint density at radius 1 is 1.18 bits per heavy atom. The Hall–Kier alpha value is -3.13. The fraction of sp³-hybridized carbons (Fsp3) is 0.360. The molecule has 2 bridgehead atoms. The van der Waals surface area contributed by atoms with E-state index in [0.29, 0.717) is 27.5 Å². The average molecular weight is 464 g/mol. The topological polar surface area (TPSA) is 104 Å². The van der Waals surface area contributed by atoms with Crippen molar-refractivity contribution in [2.75, 3.05) is 0 Å². The summed E-state index contributed by atoms with van der Waals surface area (Å²) in [6, 6.07) is 10.0. The Labute approximate surface area is 196 Å². The van der Waals surface area contributed by atoms with E-state index in [0.717, 1.165) is 24.1 Å². The lowest BCUT2D eigenvalue weighted by Crippen LogP contribution is -2.32. The molecule has 1 aromatic heterocycles. The van der Waals surface area contributed by atoms with Crippen molar-refractivity contribution < 1.29 is 19.1 Å². The lowest BCUT2D eigenvalue weighted by Gasteiger charge is -2.34. The molecule has 1 saturated heterocycles. The molecule has 0 spiro atoms. The van der Waals surface area contributed by atoms with Crippen LogP contribution in [0.2, 0.25) is 0 Å². The molecule has 1 aromatic carbocycles. The summed E-state index contributed by atoms with van der Waals surface area (Å²) < 4.78 is 5.84. The maximum absolute atomic E-state index is 12.4. The molecule has 3 aliphatic rings. The molecule has 8 heteroatoms. The Balaban J connectivity index is 1.31. The molecule has 2 atom stereocenters. The number of benzene rings is 1. The summed E-state index contributed by atoms with van der Waals surface area (Å²) in [5.41, 5.74) is 2.40. The minimum Gasteiger partial charge on any atom is -0.478 e. The maximum Gasteiger partial charge on any atom is 0.335 e. The van der Waals surface area contributed by atoms with Gasteiger partial charge in [-0.25, -0.2) is 4.79 Å². The number of aromatic carboxylic acids is 1. The number of furan rings is 1. The van der Waals surface area contributed by atoms with E-state index in [1.807, 2.05) is 0 Å². The fourth-order valence-corrected chi connectivity index (χ4v) is 5.90. The number of nitrogens with zero attached hydrogens (tertiary/aromatic N) is 2. The third kappa shape index (κ3) is 3.62. The molecule has 2 saturated carbocycles. The Morgan fingerprint density at radius 2 is 1.94 bits per heavy atom. The van der Waals surface area contributed by atoms with Crippen molar-refractivity contribution in [1.82, 2.24) is 5.32 Å². The zero-order chi connectivity index (χ0) is 23.4. The molecule has 1 aliphatic heterocycles. The van der Waals surface area contributed by atoms with Crippen LogP contribution in [0.15, 0.2) is 55.9 Å². The molecule has 33 heavy (non-hydrogen) atoms. The number of nitrogens with one attached hydrogen (secondary N) is 1. The van der Waals surface area contributed by atoms with Crippen LogP contribution in [0, 0.1) is 16.7 Å². The summed E-state index contributed by atoms with van der Waals surface area (Å²) in [5, 5.41) is 21.2. The van der Waals surface area contributed by atoms with Crippen molar-refractivity contribution in [1.29, 1.82) is 0 Å². The van der Waals surface area contributed by atoms with E-state index in [4.69, 9.17) is 9.52 Å². The van der Waals surface area contributed by atoms with Gasteiger partial charge in [0, 0.05) is 22.8 Å². The Morgan fingerprint density at radius 3 is 2.58 bits per heavy atom. The van der Waals surface area contributed by atoms with Gasteiger partial charge in [-0.2, -0.15) is 5.10 Å². The van der Waals surface area contributed by atoms with Gasteiger partial charge in [-0.3, -0.25) is 10.1 Å². The van der Waals surface area contributed by atoms with Crippen LogP contribution in [0.3, 0.4) is 0 Å². The van der Waals surface area contributed by atoms with Crippen LogP contribution in [0.5, 0.6) is 0 Å². The van der Waals surface area contributed by atoms with Crippen LogP contribution < -0.4 is 5.32 Å². The fourth-order valence-electron chi connectivity index (χ4n) is 5.15. The third-order valence-corrected chi connectivity index (χ3v) is 8.64. The highest BCUT2D eigenvalue weighted by Gasteiger charge is 2.60. The minimum atomic E-state index is -0.975. The second-order valence-corrected chi connectivity index (χ2v) is 10.6. The van der Waals surface area contributed by atoms with Gasteiger partial charge in [-0.1, -0.05) is 32.9 Å². The molecule has 0 radical (unpaired) electrons. The van der Waals surface area contributed by atoms with Crippen molar-refractivity contribution in [2.24, 2.45) is 27.0 Å². The van der Waals surface area contributed by atoms with Crippen molar-refractivity contribution in [3.63, 3.8) is 0 Å². The van der Waals surface area contributed by atoms with Gasteiger partial charge in [0.2, 0.25) is 0 Å². The standard InChI is InChI=1S/C25H25N3O4S/c1-24(2)16-10-11-25(24,3)20(12-16)27-28-23-26-21(29)19(33-23)13-17-8-9-18(32-17)14-4-6-15(7-5-14)22(30)31/h4-9,13,16H,10-12H2,1-3H3,(H,30,31)(H,26,28,29). The monoisotopic (exact) mass is 463 g/mol. The molecule has 2 unspecified atom stereocenters. The van der Waals surface area contributed by atoms with Crippen LogP contribution >= 0.6 is 11.8 Å². The maximum atomic E-state index is 12.4. The number of carbonyl (C=O) groups is 2. The first kappa shape index (κ1) is 21.7. The van der Waals surface area contributed by atoms with E-state index < -0.39 is 5.97 Å². The van der Waals surface area contributed by atoms with Gasteiger partial charge in [0.15, 0.2) is 5.17 Å². The number of fused-ring (bicyclic) bond motifs is 2. The van der Waals surface area contributed by atoms with Gasteiger partial charge in [-0.15, -0.1) is 5.10 Å². The zero-order valence-electron chi connectivity index (χ0n) is 18.7. The SMILES string of the molecule is CC12CCC(CC1=NN=C1NC(=O)C(=Cc3ccc(-c4ccc(C(=O)O)cc4)o3)S1)C2(C)C. The third-order valence-electron chi connectivity index (χ3n) is 7.74. The van der Waals surface area contributed by atoms with Crippen molar-refractivity contribution >= 4 is 40.6 Å². The van der Waals surface area contributed by atoms with Crippen LogP contribution in [-0.4, -0.2) is 27.9 Å². The number of amidine groups is 1. The Bertz CT molecular complexity index is 1240. The Kier molecular flexibility index (Phi) is 5.08. The van der Waals surface area contributed by atoms with E-state index in [1.54, 1.807) is 30.3 Å². The molecule has 170 valence electrons. The lowest BCUT2D eigenvalue weighted by molar-refractivity contribution is -0.115. The van der Waals surface area contributed by atoms with E-state index in [9.17, 15) is 9.59 Å².